The van der Waals surface area contributed by atoms with Crippen LogP contribution in [0, 0.1) is 5.92 Å². The third-order valence-corrected chi connectivity index (χ3v) is 2.62. The van der Waals surface area contributed by atoms with Gasteiger partial charge in [-0.25, -0.2) is 0 Å². The van der Waals surface area contributed by atoms with Crippen molar-refractivity contribution in [2.24, 2.45) is 16.6 Å². The van der Waals surface area contributed by atoms with E-state index in [1.54, 1.807) is 6.20 Å². The first kappa shape index (κ1) is 10.3. The molecular weight excluding hydrogens is 160 g/mol. The molecule has 1 rings (SSSR count). The Morgan fingerprint density at radius 2 is 2.08 bits per heavy atom. The molecule has 0 bridgehead atoms. The summed E-state index contributed by atoms with van der Waals surface area (Å²) in [6.07, 6.45) is 8.24. The van der Waals surface area contributed by atoms with Crippen LogP contribution in [0.25, 0.3) is 0 Å². The van der Waals surface area contributed by atoms with Gasteiger partial charge in [-0.3, -0.25) is 4.99 Å². The van der Waals surface area contributed by atoms with Gasteiger partial charge in [0, 0.05) is 17.6 Å². The van der Waals surface area contributed by atoms with Crippen molar-refractivity contribution < 1.29 is 0 Å². The summed E-state index contributed by atoms with van der Waals surface area (Å²) in [5.41, 5.74) is 7.68. The fraction of sp³-hybridized carbons (Fsp3) is 0.727. The second kappa shape index (κ2) is 5.05. The molecule has 1 aliphatic carbocycles. The Balaban J connectivity index is 2.60. The molecule has 0 saturated heterocycles. The Hall–Kier alpha value is -0.790. The molecule has 0 amide bonds. The molecule has 74 valence electrons. The summed E-state index contributed by atoms with van der Waals surface area (Å²) in [6.45, 7) is 4.06. The number of hydrogen-bond acceptors (Lipinski definition) is 2. The predicted molar refractivity (Wildman–Crippen MR) is 57.6 cm³/mol. The number of rotatable bonds is 3. The maximum atomic E-state index is 5.55. The molecule has 0 spiro atoms. The number of allylic oxidation sites excluding steroid dienone is 1. The fourth-order valence-electron chi connectivity index (χ4n) is 1.93. The van der Waals surface area contributed by atoms with Gasteiger partial charge in [0.1, 0.15) is 0 Å². The molecule has 1 saturated carbocycles. The van der Waals surface area contributed by atoms with Crippen LogP contribution in [0.5, 0.6) is 0 Å². The molecule has 0 radical (unpaired) electrons. The van der Waals surface area contributed by atoms with E-state index in [9.17, 15) is 0 Å². The number of hydrogen-bond donors (Lipinski definition) is 1. The molecule has 0 heterocycles. The smallest absolute Gasteiger partial charge is 0.0451 e. The lowest BCUT2D eigenvalue weighted by Crippen LogP contribution is -2.09. The third-order valence-electron chi connectivity index (χ3n) is 2.62. The van der Waals surface area contributed by atoms with E-state index >= 15 is 0 Å². The number of nitrogens with zero attached hydrogens (tertiary/aromatic N) is 1. The highest BCUT2D eigenvalue weighted by atomic mass is 14.7. The van der Waals surface area contributed by atoms with Crippen molar-refractivity contribution in [2.45, 2.75) is 46.0 Å². The highest BCUT2D eigenvalue weighted by Gasteiger charge is 2.18. The van der Waals surface area contributed by atoms with E-state index in [-0.39, 0.29) is 0 Å². The van der Waals surface area contributed by atoms with Crippen molar-refractivity contribution in [3.63, 3.8) is 0 Å². The average Bonchev–Trinajstić information content (AvgIpc) is 2.58. The van der Waals surface area contributed by atoms with Gasteiger partial charge in [-0.15, -0.1) is 0 Å². The highest BCUT2D eigenvalue weighted by molar-refractivity contribution is 5.87. The van der Waals surface area contributed by atoms with Crippen LogP contribution in [0.1, 0.15) is 46.0 Å². The van der Waals surface area contributed by atoms with Crippen LogP contribution in [-0.4, -0.2) is 5.71 Å². The molecule has 2 nitrogen and oxygen atoms in total. The minimum absolute atomic E-state index is 0.737. The van der Waals surface area contributed by atoms with Crippen molar-refractivity contribution >= 4 is 5.71 Å². The van der Waals surface area contributed by atoms with E-state index in [0.717, 1.165) is 18.0 Å². The summed E-state index contributed by atoms with van der Waals surface area (Å²) in [6, 6.07) is 0. The van der Waals surface area contributed by atoms with Crippen LogP contribution in [0.2, 0.25) is 0 Å². The second-order valence-electron chi connectivity index (χ2n) is 3.83. The van der Waals surface area contributed by atoms with E-state index in [1.165, 1.54) is 31.4 Å². The number of nitrogens with two attached hydrogens (primary N) is 1. The zero-order chi connectivity index (χ0) is 9.68. The predicted octanol–water partition coefficient (Wildman–Crippen LogP) is 2.85. The standard InChI is InChI=1S/C11H20N2/c1-3-11(13-8-9(2)12)10-6-4-5-7-10/h8,10H,3-7,12H2,1-2H3/b9-8+,13-11?. The van der Waals surface area contributed by atoms with Crippen LogP contribution >= 0.6 is 0 Å². The SMILES string of the molecule is CCC(=N/C=C(\C)N)C1CCCC1. The average molecular weight is 180 g/mol. The molecule has 0 aliphatic heterocycles. The molecule has 0 aromatic heterocycles. The molecule has 13 heavy (non-hydrogen) atoms. The summed E-state index contributed by atoms with van der Waals surface area (Å²) in [5, 5.41) is 0. The summed E-state index contributed by atoms with van der Waals surface area (Å²) in [7, 11) is 0. The van der Waals surface area contributed by atoms with Gasteiger partial charge >= 0.3 is 0 Å². The quantitative estimate of drug-likeness (QED) is 0.666. The minimum Gasteiger partial charge on any atom is -0.401 e. The topological polar surface area (TPSA) is 38.4 Å². The lowest BCUT2D eigenvalue weighted by atomic mass is 10.00. The van der Waals surface area contributed by atoms with E-state index in [0.29, 0.717) is 0 Å². The summed E-state index contributed by atoms with van der Waals surface area (Å²) < 4.78 is 0. The van der Waals surface area contributed by atoms with Gasteiger partial charge in [0.2, 0.25) is 0 Å². The second-order valence-corrected chi connectivity index (χ2v) is 3.83. The Morgan fingerprint density at radius 3 is 2.54 bits per heavy atom. The minimum atomic E-state index is 0.737. The number of aliphatic imine (C=N–C) groups is 1. The van der Waals surface area contributed by atoms with Gasteiger partial charge in [-0.2, -0.15) is 0 Å². The van der Waals surface area contributed by atoms with Gasteiger partial charge < -0.3 is 5.73 Å². The molecule has 0 atom stereocenters. The zero-order valence-electron chi connectivity index (χ0n) is 8.71. The van der Waals surface area contributed by atoms with Crippen molar-refractivity contribution in [2.75, 3.05) is 0 Å². The summed E-state index contributed by atoms with van der Waals surface area (Å²) in [5.74, 6) is 0.737. The first-order valence-electron chi connectivity index (χ1n) is 5.22. The normalized spacial score (nSPS) is 21.1. The summed E-state index contributed by atoms with van der Waals surface area (Å²) >= 11 is 0. The van der Waals surface area contributed by atoms with Gasteiger partial charge in [0.05, 0.1) is 0 Å². The van der Waals surface area contributed by atoms with E-state index in [2.05, 4.69) is 11.9 Å². The van der Waals surface area contributed by atoms with Crippen LogP contribution in [0.4, 0.5) is 0 Å². The Labute approximate surface area is 80.9 Å². The van der Waals surface area contributed by atoms with Gasteiger partial charge in [0.15, 0.2) is 0 Å². The van der Waals surface area contributed by atoms with Gasteiger partial charge in [-0.05, 0) is 32.1 Å². The maximum Gasteiger partial charge on any atom is 0.0451 e. The molecule has 0 unspecified atom stereocenters. The van der Waals surface area contributed by atoms with Crippen LogP contribution in [-0.2, 0) is 0 Å². The lowest BCUT2D eigenvalue weighted by molar-refractivity contribution is 0.714. The van der Waals surface area contributed by atoms with Gasteiger partial charge in [-0.1, -0.05) is 19.8 Å². The Morgan fingerprint density at radius 1 is 1.46 bits per heavy atom. The lowest BCUT2D eigenvalue weighted by Gasteiger charge is -2.09. The third kappa shape index (κ3) is 3.21. The van der Waals surface area contributed by atoms with E-state index < -0.39 is 0 Å². The monoisotopic (exact) mass is 180 g/mol. The van der Waals surface area contributed by atoms with Crippen molar-refractivity contribution in [3.05, 3.63) is 11.9 Å². The zero-order valence-corrected chi connectivity index (χ0v) is 8.71. The molecule has 1 fully saturated rings. The van der Waals surface area contributed by atoms with Crippen molar-refractivity contribution in [1.82, 2.24) is 0 Å². The molecule has 1 aliphatic rings. The molecule has 2 heteroatoms. The molecule has 0 aromatic carbocycles. The van der Waals surface area contributed by atoms with E-state index in [1.807, 2.05) is 6.92 Å². The van der Waals surface area contributed by atoms with Crippen molar-refractivity contribution in [1.29, 1.82) is 0 Å². The highest BCUT2D eigenvalue weighted by Crippen LogP contribution is 2.27. The molecular formula is C11H20N2. The Kier molecular flexibility index (Phi) is 4.00. The van der Waals surface area contributed by atoms with Crippen LogP contribution < -0.4 is 5.73 Å². The van der Waals surface area contributed by atoms with Gasteiger partial charge in [0.25, 0.3) is 0 Å². The maximum absolute atomic E-state index is 5.55. The van der Waals surface area contributed by atoms with Crippen LogP contribution in [0.3, 0.4) is 0 Å². The largest absolute Gasteiger partial charge is 0.401 e. The Bertz CT molecular complexity index is 206. The van der Waals surface area contributed by atoms with Crippen LogP contribution in [0.15, 0.2) is 16.9 Å². The van der Waals surface area contributed by atoms with E-state index in [4.69, 9.17) is 5.73 Å². The first-order chi connectivity index (χ1) is 6.24. The molecule has 2 N–H and O–H groups in total. The molecule has 0 aromatic rings. The van der Waals surface area contributed by atoms with Crippen molar-refractivity contribution in [3.8, 4) is 0 Å². The fourth-order valence-corrected chi connectivity index (χ4v) is 1.93. The summed E-state index contributed by atoms with van der Waals surface area (Å²) in [4.78, 5) is 4.45. The first-order valence-corrected chi connectivity index (χ1v) is 5.22.